The average molecular weight is 498 g/mol. The van der Waals surface area contributed by atoms with Crippen molar-refractivity contribution >= 4 is 27.0 Å². The van der Waals surface area contributed by atoms with E-state index in [4.69, 9.17) is 4.42 Å². The van der Waals surface area contributed by atoms with E-state index in [1.807, 2.05) is 0 Å². The van der Waals surface area contributed by atoms with E-state index in [2.05, 4.69) is 15.9 Å². The van der Waals surface area contributed by atoms with Crippen LogP contribution in [0.15, 0.2) is 50.1 Å². The van der Waals surface area contributed by atoms with E-state index in [9.17, 15) is 36.2 Å². The number of aryl methyl sites for hydroxylation is 1. The van der Waals surface area contributed by atoms with Crippen molar-refractivity contribution in [3.05, 3.63) is 68.1 Å². The van der Waals surface area contributed by atoms with Crippen LogP contribution in [0.25, 0.3) is 11.1 Å². The van der Waals surface area contributed by atoms with Crippen LogP contribution in [-0.4, -0.2) is 15.8 Å². The summed E-state index contributed by atoms with van der Waals surface area (Å²) < 4.78 is 88.7. The molecular formula is C19H14BrF6NO3. The SMILES string of the molecule is CC(c1ccc(Br)cc1C(F)(F)F)C(O)(c1ccc2oc(=O)n(C)c2c1)C(F)(F)F. The van der Waals surface area contributed by atoms with Crippen molar-refractivity contribution in [1.82, 2.24) is 4.57 Å². The third kappa shape index (κ3) is 3.53. The summed E-state index contributed by atoms with van der Waals surface area (Å²) in [5.41, 5.74) is -6.50. The number of hydrogen-bond acceptors (Lipinski definition) is 3. The molecule has 0 saturated carbocycles. The molecule has 3 rings (SSSR count). The molecule has 0 saturated heterocycles. The van der Waals surface area contributed by atoms with Crippen LogP contribution in [0.5, 0.6) is 0 Å². The van der Waals surface area contributed by atoms with Gasteiger partial charge in [-0.15, -0.1) is 0 Å². The fourth-order valence-electron chi connectivity index (χ4n) is 3.40. The van der Waals surface area contributed by atoms with E-state index in [1.54, 1.807) is 0 Å². The fraction of sp³-hybridized carbons (Fsp3) is 0.316. The third-order valence-electron chi connectivity index (χ3n) is 5.08. The molecule has 2 aromatic carbocycles. The molecule has 1 heterocycles. The van der Waals surface area contributed by atoms with Gasteiger partial charge in [0, 0.05) is 17.4 Å². The Bertz CT molecular complexity index is 1160. The number of aromatic nitrogens is 1. The number of hydrogen-bond donors (Lipinski definition) is 1. The van der Waals surface area contributed by atoms with Crippen molar-refractivity contribution in [2.45, 2.75) is 30.8 Å². The van der Waals surface area contributed by atoms with Crippen LogP contribution in [0.1, 0.15) is 29.5 Å². The van der Waals surface area contributed by atoms with Gasteiger partial charge in [-0.1, -0.05) is 35.0 Å². The third-order valence-corrected chi connectivity index (χ3v) is 5.57. The highest BCUT2D eigenvalue weighted by molar-refractivity contribution is 9.10. The molecule has 0 aliphatic heterocycles. The van der Waals surface area contributed by atoms with Gasteiger partial charge in [0.15, 0.2) is 11.2 Å². The maximum absolute atomic E-state index is 14.1. The summed E-state index contributed by atoms with van der Waals surface area (Å²) in [7, 11) is 1.25. The van der Waals surface area contributed by atoms with Gasteiger partial charge in [0.2, 0.25) is 0 Å². The minimum Gasteiger partial charge on any atom is -0.408 e. The van der Waals surface area contributed by atoms with E-state index in [1.165, 1.54) is 13.1 Å². The Balaban J connectivity index is 2.28. The molecule has 0 amide bonds. The van der Waals surface area contributed by atoms with E-state index < -0.39 is 46.3 Å². The van der Waals surface area contributed by atoms with Crippen molar-refractivity contribution in [1.29, 1.82) is 0 Å². The molecule has 4 nitrogen and oxygen atoms in total. The Morgan fingerprint density at radius 1 is 1.07 bits per heavy atom. The second-order valence-corrected chi connectivity index (χ2v) is 7.74. The number of alkyl halides is 6. The summed E-state index contributed by atoms with van der Waals surface area (Å²) in [6, 6.07) is 5.53. The quantitative estimate of drug-likeness (QED) is 0.488. The second kappa shape index (κ2) is 7.16. The Labute approximate surface area is 173 Å². The minimum absolute atomic E-state index is 0.0242. The van der Waals surface area contributed by atoms with Gasteiger partial charge in [-0.05, 0) is 35.4 Å². The normalized spacial score (nSPS) is 15.9. The standard InChI is InChI=1S/C19H14BrF6NO3/c1-9(12-5-4-11(20)8-13(12)18(21,22)23)17(29,19(24,25)26)10-3-6-15-14(7-10)27(2)16(28)30-15/h3-9,29H,1-2H3. The topological polar surface area (TPSA) is 55.4 Å². The van der Waals surface area contributed by atoms with Gasteiger partial charge in [0.25, 0.3) is 0 Å². The minimum atomic E-state index is -5.33. The Morgan fingerprint density at radius 2 is 1.70 bits per heavy atom. The maximum atomic E-state index is 14.1. The number of rotatable bonds is 3. The van der Waals surface area contributed by atoms with E-state index in [0.29, 0.717) is 6.07 Å². The molecule has 30 heavy (non-hydrogen) atoms. The van der Waals surface area contributed by atoms with Crippen molar-refractivity contribution < 1.29 is 35.9 Å². The molecule has 3 aromatic rings. The summed E-state index contributed by atoms with van der Waals surface area (Å²) in [6.07, 6.45) is -10.3. The number of benzene rings is 2. The predicted molar refractivity (Wildman–Crippen MR) is 99.0 cm³/mol. The highest BCUT2D eigenvalue weighted by Crippen LogP contribution is 2.51. The second-order valence-electron chi connectivity index (χ2n) is 6.82. The Kier molecular flexibility index (Phi) is 5.35. The molecule has 0 aliphatic rings. The van der Waals surface area contributed by atoms with Gasteiger partial charge in [-0.2, -0.15) is 26.3 Å². The van der Waals surface area contributed by atoms with E-state index >= 15 is 0 Å². The van der Waals surface area contributed by atoms with Crippen LogP contribution in [0.3, 0.4) is 0 Å². The monoisotopic (exact) mass is 497 g/mol. The summed E-state index contributed by atoms with van der Waals surface area (Å²) >= 11 is 2.88. The Hall–Kier alpha value is -2.27. The lowest BCUT2D eigenvalue weighted by Gasteiger charge is -2.37. The van der Waals surface area contributed by atoms with Gasteiger partial charge in [-0.3, -0.25) is 4.57 Å². The summed E-state index contributed by atoms with van der Waals surface area (Å²) in [5, 5.41) is 10.8. The fourth-order valence-corrected chi connectivity index (χ4v) is 3.76. The first-order valence-corrected chi connectivity index (χ1v) is 9.23. The van der Waals surface area contributed by atoms with Crippen LogP contribution in [0.4, 0.5) is 26.3 Å². The first-order valence-electron chi connectivity index (χ1n) is 8.43. The lowest BCUT2D eigenvalue weighted by molar-refractivity contribution is -0.275. The molecule has 1 aromatic heterocycles. The van der Waals surface area contributed by atoms with Crippen molar-refractivity contribution in [3.8, 4) is 0 Å². The zero-order chi connectivity index (χ0) is 22.6. The molecular weight excluding hydrogens is 484 g/mol. The molecule has 0 radical (unpaired) electrons. The average Bonchev–Trinajstić information content (AvgIpc) is 2.92. The van der Waals surface area contributed by atoms with Crippen LogP contribution in [0, 0.1) is 0 Å². The number of oxazole rings is 1. The molecule has 2 atom stereocenters. The first kappa shape index (κ1) is 22.4. The first-order chi connectivity index (χ1) is 13.7. The van der Waals surface area contributed by atoms with E-state index in [0.717, 1.165) is 35.8 Å². The number of aliphatic hydroxyl groups is 1. The molecule has 11 heteroatoms. The summed E-state index contributed by atoms with van der Waals surface area (Å²) in [4.78, 5) is 11.6. The van der Waals surface area contributed by atoms with Crippen molar-refractivity contribution in [2.24, 2.45) is 7.05 Å². The van der Waals surface area contributed by atoms with Crippen LogP contribution in [-0.2, 0) is 18.8 Å². The molecule has 1 N–H and O–H groups in total. The molecule has 0 aliphatic carbocycles. The molecule has 162 valence electrons. The van der Waals surface area contributed by atoms with Gasteiger partial charge in [0.05, 0.1) is 11.1 Å². The zero-order valence-electron chi connectivity index (χ0n) is 15.4. The van der Waals surface area contributed by atoms with Crippen molar-refractivity contribution in [3.63, 3.8) is 0 Å². The van der Waals surface area contributed by atoms with Gasteiger partial charge in [-0.25, -0.2) is 4.79 Å². The van der Waals surface area contributed by atoms with Gasteiger partial charge < -0.3 is 9.52 Å². The smallest absolute Gasteiger partial charge is 0.408 e. The lowest BCUT2D eigenvalue weighted by atomic mass is 9.76. The van der Waals surface area contributed by atoms with Gasteiger partial charge in [0.1, 0.15) is 0 Å². The van der Waals surface area contributed by atoms with Crippen LogP contribution >= 0.6 is 15.9 Å². The highest BCUT2D eigenvalue weighted by atomic mass is 79.9. The summed E-state index contributed by atoms with van der Waals surface area (Å²) in [6.45, 7) is 0.866. The van der Waals surface area contributed by atoms with Crippen LogP contribution in [0.2, 0.25) is 0 Å². The number of fused-ring (bicyclic) bond motifs is 1. The van der Waals surface area contributed by atoms with Crippen molar-refractivity contribution in [2.75, 3.05) is 0 Å². The lowest BCUT2D eigenvalue weighted by Crippen LogP contribution is -2.47. The van der Waals surface area contributed by atoms with Crippen LogP contribution < -0.4 is 5.76 Å². The highest BCUT2D eigenvalue weighted by Gasteiger charge is 2.59. The Morgan fingerprint density at radius 3 is 2.27 bits per heavy atom. The molecule has 2 unspecified atom stereocenters. The zero-order valence-corrected chi connectivity index (χ0v) is 17.0. The molecule has 0 spiro atoms. The molecule has 0 fully saturated rings. The maximum Gasteiger partial charge on any atom is 0.422 e. The summed E-state index contributed by atoms with van der Waals surface area (Å²) in [5.74, 6) is -2.87. The number of halogens is 7. The van der Waals surface area contributed by atoms with Gasteiger partial charge >= 0.3 is 18.1 Å². The predicted octanol–water partition coefficient (Wildman–Crippen LogP) is 5.47. The molecule has 0 bridgehead atoms. The largest absolute Gasteiger partial charge is 0.422 e. The number of nitrogens with zero attached hydrogens (tertiary/aromatic N) is 1. The van der Waals surface area contributed by atoms with E-state index in [-0.39, 0.29) is 15.6 Å².